The van der Waals surface area contributed by atoms with Crippen LogP contribution in [0.25, 0.3) is 0 Å². The number of urea groups is 1. The first-order chi connectivity index (χ1) is 25.1. The van der Waals surface area contributed by atoms with Crippen molar-refractivity contribution in [1.82, 2.24) is 40.0 Å². The van der Waals surface area contributed by atoms with Crippen LogP contribution in [0.15, 0.2) is 24.3 Å². The Morgan fingerprint density at radius 1 is 0.654 bits per heavy atom. The van der Waals surface area contributed by atoms with Gasteiger partial charge in [0.15, 0.2) is 5.11 Å². The number of carbonyl (C=O) groups excluding carboxylic acids is 1. The highest BCUT2D eigenvalue weighted by Gasteiger charge is 2.39. The van der Waals surface area contributed by atoms with Gasteiger partial charge in [0.1, 0.15) is 0 Å². The molecule has 6 aliphatic heterocycles. The van der Waals surface area contributed by atoms with Gasteiger partial charge in [0.25, 0.3) is 0 Å². The number of piperidine rings is 3. The van der Waals surface area contributed by atoms with E-state index in [9.17, 15) is 4.79 Å². The number of nitrogens with one attached hydrogen (secondary N) is 2. The molecule has 1 unspecified atom stereocenters. The zero-order valence-electron chi connectivity index (χ0n) is 33.3. The van der Waals surface area contributed by atoms with Crippen molar-refractivity contribution in [2.24, 2.45) is 17.8 Å². The fourth-order valence-electron chi connectivity index (χ4n) is 9.91. The highest BCUT2D eigenvalue weighted by molar-refractivity contribution is 7.80. The second-order valence-electron chi connectivity index (χ2n) is 16.4. The number of rotatable bonds is 4. The van der Waals surface area contributed by atoms with E-state index >= 15 is 0 Å². The Hall–Kier alpha value is -2.05. The van der Waals surface area contributed by atoms with E-state index in [0.29, 0.717) is 12.0 Å². The van der Waals surface area contributed by atoms with Gasteiger partial charge in [0.2, 0.25) is 0 Å². The molecule has 0 radical (unpaired) electrons. The summed E-state index contributed by atoms with van der Waals surface area (Å²) >= 11 is 10.9. The fraction of sp³-hybridized carbons (Fsp3) is 0.780. The highest BCUT2D eigenvalue weighted by Crippen LogP contribution is 2.42. The van der Waals surface area contributed by atoms with Crippen LogP contribution in [-0.2, 0) is 6.54 Å². The molecular weight excluding hydrogens is 685 g/mol. The molecule has 0 saturated carbocycles. The number of nitrogens with zero attached hydrogens (tertiary/aromatic N) is 6. The molecule has 9 nitrogen and oxygen atoms in total. The summed E-state index contributed by atoms with van der Waals surface area (Å²) in [5.74, 6) is 2.32. The van der Waals surface area contributed by atoms with Crippen LogP contribution in [0.4, 0.5) is 4.79 Å². The zero-order chi connectivity index (χ0) is 37.2. The molecule has 3 atom stereocenters. The van der Waals surface area contributed by atoms with Gasteiger partial charge < -0.3 is 40.0 Å². The number of thiocarbonyl (C=S) groups is 2. The molecule has 52 heavy (non-hydrogen) atoms. The lowest BCUT2D eigenvalue weighted by Gasteiger charge is -2.37. The number of benzene rings is 1. The SMILES string of the molecule is CCC(=S)N1CCC[C@H]1C1CCN(C)CC1.CNC(=O)N1Cc2ccccc2C1C1CCN(C)CC1.CNC(=S)N1CCC[C@H]1C1CCN(C)CC1. The Labute approximate surface area is 327 Å². The molecule has 0 bridgehead atoms. The van der Waals surface area contributed by atoms with Crippen molar-refractivity contribution in [2.75, 3.05) is 87.6 Å². The first-order valence-corrected chi connectivity index (χ1v) is 21.4. The van der Waals surface area contributed by atoms with Crippen LogP contribution in [0, 0.1) is 17.8 Å². The lowest BCUT2D eigenvalue weighted by molar-refractivity contribution is 0.119. The number of carbonyl (C=O) groups is 1. The second kappa shape index (κ2) is 20.0. The molecule has 0 aromatic heterocycles. The summed E-state index contributed by atoms with van der Waals surface area (Å²) in [5.41, 5.74) is 2.66. The number of amides is 2. The Bertz CT molecular complexity index is 1240. The molecule has 292 valence electrons. The summed E-state index contributed by atoms with van der Waals surface area (Å²) in [5, 5.41) is 6.87. The van der Waals surface area contributed by atoms with Gasteiger partial charge in [-0.25, -0.2) is 4.79 Å². The normalized spacial score (nSPS) is 26.7. The third kappa shape index (κ3) is 10.4. The number of likely N-dealkylation sites (tertiary alicyclic amines) is 5. The molecular formula is C41H70N8OS2. The molecule has 2 N–H and O–H groups in total. The van der Waals surface area contributed by atoms with Crippen LogP contribution in [-0.4, -0.2) is 145 Å². The molecule has 5 fully saturated rings. The van der Waals surface area contributed by atoms with Crippen molar-refractivity contribution in [3.05, 3.63) is 35.4 Å². The van der Waals surface area contributed by atoms with Crippen LogP contribution < -0.4 is 10.6 Å². The predicted molar refractivity (Wildman–Crippen MR) is 224 cm³/mol. The van der Waals surface area contributed by atoms with Gasteiger partial charge in [-0.15, -0.1) is 0 Å². The molecule has 6 heterocycles. The van der Waals surface area contributed by atoms with Gasteiger partial charge in [-0.2, -0.15) is 0 Å². The Kier molecular flexibility index (Phi) is 15.8. The third-order valence-corrected chi connectivity index (χ3v) is 14.0. The molecule has 6 aliphatic rings. The van der Waals surface area contributed by atoms with Gasteiger partial charge in [0.05, 0.1) is 11.0 Å². The van der Waals surface area contributed by atoms with Crippen molar-refractivity contribution >= 4 is 40.6 Å². The number of hydrogen-bond acceptors (Lipinski definition) is 6. The van der Waals surface area contributed by atoms with Gasteiger partial charge in [-0.05, 0) is 172 Å². The zero-order valence-corrected chi connectivity index (χ0v) is 35.0. The van der Waals surface area contributed by atoms with E-state index in [0.717, 1.165) is 55.6 Å². The summed E-state index contributed by atoms with van der Waals surface area (Å²) in [7, 11) is 10.3. The van der Waals surface area contributed by atoms with Crippen LogP contribution in [0.3, 0.4) is 0 Å². The monoisotopic (exact) mass is 755 g/mol. The lowest BCUT2D eigenvalue weighted by atomic mass is 9.85. The first kappa shape index (κ1) is 41.1. The van der Waals surface area contributed by atoms with Crippen LogP contribution in [0.5, 0.6) is 0 Å². The summed E-state index contributed by atoms with van der Waals surface area (Å²) in [6.07, 6.45) is 14.1. The largest absolute Gasteiger partial charge is 0.366 e. The maximum atomic E-state index is 12.2. The van der Waals surface area contributed by atoms with E-state index in [-0.39, 0.29) is 12.1 Å². The summed E-state index contributed by atoms with van der Waals surface area (Å²) in [4.78, 5) is 27.6. The van der Waals surface area contributed by atoms with Crippen LogP contribution in [0.1, 0.15) is 94.7 Å². The molecule has 5 saturated heterocycles. The number of hydrogen-bond donors (Lipinski definition) is 2. The predicted octanol–water partition coefficient (Wildman–Crippen LogP) is 6.05. The Morgan fingerprint density at radius 2 is 1.13 bits per heavy atom. The van der Waals surface area contributed by atoms with Gasteiger partial charge in [-0.3, -0.25) is 0 Å². The molecule has 0 aliphatic carbocycles. The van der Waals surface area contributed by atoms with Crippen molar-refractivity contribution in [2.45, 2.75) is 102 Å². The fourth-order valence-corrected chi connectivity index (χ4v) is 10.4. The highest BCUT2D eigenvalue weighted by atomic mass is 32.1. The van der Waals surface area contributed by atoms with Gasteiger partial charge >= 0.3 is 6.03 Å². The summed E-state index contributed by atoms with van der Waals surface area (Å²) in [6.45, 7) is 12.6. The lowest BCUT2D eigenvalue weighted by Crippen LogP contribution is -2.46. The molecule has 1 aromatic carbocycles. The molecule has 11 heteroatoms. The maximum Gasteiger partial charge on any atom is 0.317 e. The standard InChI is InChI=1S/C16H23N3O.C13H24N2S.C12H23N3S/c1-17-16(20)19-11-13-5-3-4-6-14(13)15(19)12-7-9-18(2)10-8-12;1-3-13(16)15-8-4-5-12(15)11-6-9-14(2)10-7-11;1-13-12(16)15-7-3-4-11(15)10-5-8-14(2)9-6-10/h3-6,12,15H,7-11H2,1-2H3,(H,17,20);11-12H,3-10H2,1-2H3;10-11H,3-9H2,1-2H3,(H,13,16)/t;12-;11-/m.00/s1. The minimum Gasteiger partial charge on any atom is -0.366 e. The van der Waals surface area contributed by atoms with Crippen molar-refractivity contribution in [1.29, 1.82) is 0 Å². The second-order valence-corrected chi connectivity index (χ2v) is 17.2. The summed E-state index contributed by atoms with van der Waals surface area (Å²) < 4.78 is 0. The summed E-state index contributed by atoms with van der Waals surface area (Å²) in [6, 6.07) is 10.3. The molecule has 1 aromatic rings. The Balaban J connectivity index is 0.000000152. The molecule has 2 amide bonds. The van der Waals surface area contributed by atoms with E-state index < -0.39 is 0 Å². The molecule has 0 spiro atoms. The van der Waals surface area contributed by atoms with E-state index in [2.05, 4.69) is 87.5 Å². The van der Waals surface area contributed by atoms with E-state index in [1.807, 2.05) is 11.9 Å². The molecule has 7 rings (SSSR count). The first-order valence-electron chi connectivity index (χ1n) is 20.5. The van der Waals surface area contributed by atoms with E-state index in [1.165, 1.54) is 113 Å². The Morgan fingerprint density at radius 3 is 1.63 bits per heavy atom. The number of fused-ring (bicyclic) bond motifs is 1. The minimum absolute atomic E-state index is 0.0464. The van der Waals surface area contributed by atoms with Crippen molar-refractivity contribution in [3.63, 3.8) is 0 Å². The quantitative estimate of drug-likeness (QED) is 0.358. The average Bonchev–Trinajstić information content (AvgIpc) is 3.95. The van der Waals surface area contributed by atoms with E-state index in [4.69, 9.17) is 24.4 Å². The van der Waals surface area contributed by atoms with E-state index in [1.54, 1.807) is 7.05 Å². The van der Waals surface area contributed by atoms with Gasteiger partial charge in [-0.1, -0.05) is 43.4 Å². The minimum atomic E-state index is 0.0464. The van der Waals surface area contributed by atoms with Crippen LogP contribution in [0.2, 0.25) is 0 Å². The topological polar surface area (TPSA) is 60.6 Å². The van der Waals surface area contributed by atoms with Crippen molar-refractivity contribution in [3.8, 4) is 0 Å². The third-order valence-electron chi connectivity index (χ3n) is 13.0. The average molecular weight is 755 g/mol. The van der Waals surface area contributed by atoms with Gasteiger partial charge in [0, 0.05) is 45.8 Å². The van der Waals surface area contributed by atoms with Crippen LogP contribution >= 0.6 is 24.4 Å². The van der Waals surface area contributed by atoms with Crippen molar-refractivity contribution < 1.29 is 4.79 Å². The maximum absolute atomic E-state index is 12.2. The smallest absolute Gasteiger partial charge is 0.317 e.